The van der Waals surface area contributed by atoms with Crippen LogP contribution in [-0.2, 0) is 19.1 Å². The van der Waals surface area contributed by atoms with Gasteiger partial charge in [0.2, 0.25) is 0 Å². The first-order chi connectivity index (χ1) is 9.86. The maximum atomic E-state index is 12.4. The van der Waals surface area contributed by atoms with Gasteiger partial charge in [-0.05, 0) is 46.0 Å². The number of esters is 2. The highest BCUT2D eigenvalue weighted by Gasteiger charge is 2.42. The summed E-state index contributed by atoms with van der Waals surface area (Å²) in [7, 11) is 0. The first-order valence-electron chi connectivity index (χ1n) is 8.27. The molecule has 0 aromatic carbocycles. The number of rotatable bonds is 6. The number of hydrogen-bond acceptors (Lipinski definition) is 4. The minimum absolute atomic E-state index is 0.0567. The summed E-state index contributed by atoms with van der Waals surface area (Å²) in [4.78, 5) is 24.8. The molecule has 0 saturated heterocycles. The minimum atomic E-state index is -0.764. The van der Waals surface area contributed by atoms with E-state index >= 15 is 0 Å². The molecular weight excluding hydrogens is 268 g/mol. The number of carbonyl (C=O) groups is 2. The Hall–Kier alpha value is -1.06. The molecule has 0 aliphatic heterocycles. The van der Waals surface area contributed by atoms with Gasteiger partial charge in [0.05, 0.1) is 12.2 Å². The van der Waals surface area contributed by atoms with Gasteiger partial charge in [0.15, 0.2) is 5.92 Å². The molecule has 0 aromatic heterocycles. The Morgan fingerprint density at radius 3 is 1.86 bits per heavy atom. The van der Waals surface area contributed by atoms with Gasteiger partial charge in [-0.25, -0.2) is 0 Å². The molecule has 0 bridgehead atoms. The first-order valence-corrected chi connectivity index (χ1v) is 8.27. The van der Waals surface area contributed by atoms with Gasteiger partial charge in [-0.2, -0.15) is 0 Å². The van der Waals surface area contributed by atoms with E-state index in [1.54, 1.807) is 27.7 Å². The molecule has 1 saturated carbocycles. The third kappa shape index (κ3) is 5.33. The molecule has 0 N–H and O–H groups in total. The SMILES string of the molecule is CCC1CCCCC1C(C(=O)OC(C)C)C(=O)OC(C)C. The van der Waals surface area contributed by atoms with E-state index in [-0.39, 0.29) is 18.1 Å². The molecule has 0 amide bonds. The van der Waals surface area contributed by atoms with Crippen molar-refractivity contribution in [3.8, 4) is 0 Å². The van der Waals surface area contributed by atoms with E-state index in [1.807, 2.05) is 0 Å². The Morgan fingerprint density at radius 1 is 0.952 bits per heavy atom. The van der Waals surface area contributed by atoms with Crippen LogP contribution < -0.4 is 0 Å². The molecule has 0 aromatic rings. The zero-order chi connectivity index (χ0) is 16.0. The fourth-order valence-corrected chi connectivity index (χ4v) is 3.24. The summed E-state index contributed by atoms with van der Waals surface area (Å²) in [6.45, 7) is 9.35. The van der Waals surface area contributed by atoms with Crippen molar-refractivity contribution in [3.05, 3.63) is 0 Å². The molecule has 1 aliphatic carbocycles. The van der Waals surface area contributed by atoms with E-state index in [0.717, 1.165) is 25.7 Å². The van der Waals surface area contributed by atoms with Crippen LogP contribution in [0.25, 0.3) is 0 Å². The highest BCUT2D eigenvalue weighted by Crippen LogP contribution is 2.38. The fraction of sp³-hybridized carbons (Fsp3) is 0.882. The predicted molar refractivity (Wildman–Crippen MR) is 81.7 cm³/mol. The van der Waals surface area contributed by atoms with Crippen molar-refractivity contribution in [2.75, 3.05) is 0 Å². The van der Waals surface area contributed by atoms with Crippen LogP contribution in [0.5, 0.6) is 0 Å². The van der Waals surface area contributed by atoms with Gasteiger partial charge in [0.25, 0.3) is 0 Å². The highest BCUT2D eigenvalue weighted by atomic mass is 16.6. The second kappa shape index (κ2) is 8.40. The molecule has 1 aliphatic rings. The Balaban J connectivity index is 2.93. The van der Waals surface area contributed by atoms with Crippen molar-refractivity contribution >= 4 is 11.9 Å². The van der Waals surface area contributed by atoms with E-state index in [0.29, 0.717) is 5.92 Å². The Morgan fingerprint density at radius 2 is 1.43 bits per heavy atom. The maximum absolute atomic E-state index is 12.4. The lowest BCUT2D eigenvalue weighted by molar-refractivity contribution is -0.171. The molecule has 122 valence electrons. The molecule has 2 unspecified atom stereocenters. The summed E-state index contributed by atoms with van der Waals surface area (Å²) >= 11 is 0. The van der Waals surface area contributed by atoms with Crippen molar-refractivity contribution in [1.29, 1.82) is 0 Å². The smallest absolute Gasteiger partial charge is 0.320 e. The molecule has 21 heavy (non-hydrogen) atoms. The quantitative estimate of drug-likeness (QED) is 0.554. The third-order valence-corrected chi connectivity index (χ3v) is 4.13. The van der Waals surface area contributed by atoms with Gasteiger partial charge in [-0.1, -0.05) is 32.6 Å². The van der Waals surface area contributed by atoms with E-state index < -0.39 is 17.9 Å². The zero-order valence-electron chi connectivity index (χ0n) is 14.1. The zero-order valence-corrected chi connectivity index (χ0v) is 14.1. The summed E-state index contributed by atoms with van der Waals surface area (Å²) < 4.78 is 10.6. The summed E-state index contributed by atoms with van der Waals surface area (Å²) in [5, 5.41) is 0. The van der Waals surface area contributed by atoms with Gasteiger partial charge < -0.3 is 9.47 Å². The highest BCUT2D eigenvalue weighted by molar-refractivity contribution is 5.95. The van der Waals surface area contributed by atoms with Crippen molar-refractivity contribution in [1.82, 2.24) is 0 Å². The summed E-state index contributed by atoms with van der Waals surface area (Å²) in [5.41, 5.74) is 0. The van der Waals surface area contributed by atoms with Crippen molar-refractivity contribution in [2.24, 2.45) is 17.8 Å². The van der Waals surface area contributed by atoms with Crippen molar-refractivity contribution in [3.63, 3.8) is 0 Å². The van der Waals surface area contributed by atoms with E-state index in [1.165, 1.54) is 6.42 Å². The average Bonchev–Trinajstić information content (AvgIpc) is 2.37. The lowest BCUT2D eigenvalue weighted by Gasteiger charge is -2.35. The van der Waals surface area contributed by atoms with Gasteiger partial charge in [0, 0.05) is 0 Å². The molecule has 4 nitrogen and oxygen atoms in total. The van der Waals surface area contributed by atoms with E-state index in [2.05, 4.69) is 6.92 Å². The van der Waals surface area contributed by atoms with Crippen molar-refractivity contribution in [2.45, 2.75) is 78.9 Å². The van der Waals surface area contributed by atoms with E-state index in [4.69, 9.17) is 9.47 Å². The molecule has 2 atom stereocenters. The normalized spacial score (nSPS) is 22.7. The van der Waals surface area contributed by atoms with Crippen LogP contribution in [-0.4, -0.2) is 24.1 Å². The Labute approximate surface area is 128 Å². The van der Waals surface area contributed by atoms with Crippen LogP contribution in [0, 0.1) is 17.8 Å². The van der Waals surface area contributed by atoms with Gasteiger partial charge in [-0.3, -0.25) is 9.59 Å². The fourth-order valence-electron chi connectivity index (χ4n) is 3.24. The van der Waals surface area contributed by atoms with Crippen molar-refractivity contribution < 1.29 is 19.1 Å². The Bertz CT molecular complexity index is 327. The second-order valence-electron chi connectivity index (χ2n) is 6.57. The van der Waals surface area contributed by atoms with Crippen LogP contribution in [0.3, 0.4) is 0 Å². The average molecular weight is 298 g/mol. The summed E-state index contributed by atoms with van der Waals surface area (Å²) in [6, 6.07) is 0. The molecule has 0 radical (unpaired) electrons. The third-order valence-electron chi connectivity index (χ3n) is 4.13. The number of hydrogen-bond donors (Lipinski definition) is 0. The maximum Gasteiger partial charge on any atom is 0.320 e. The topological polar surface area (TPSA) is 52.6 Å². The van der Waals surface area contributed by atoms with Crippen LogP contribution in [0.4, 0.5) is 0 Å². The minimum Gasteiger partial charge on any atom is -0.462 e. The lowest BCUT2D eigenvalue weighted by atomic mass is 9.71. The van der Waals surface area contributed by atoms with Gasteiger partial charge >= 0.3 is 11.9 Å². The molecule has 4 heteroatoms. The molecule has 1 fully saturated rings. The number of ether oxygens (including phenoxy) is 2. The molecule has 0 spiro atoms. The summed E-state index contributed by atoms with van der Waals surface area (Å²) in [5.74, 6) is -1.13. The largest absolute Gasteiger partial charge is 0.462 e. The second-order valence-corrected chi connectivity index (χ2v) is 6.57. The van der Waals surface area contributed by atoms with E-state index in [9.17, 15) is 9.59 Å². The monoisotopic (exact) mass is 298 g/mol. The summed E-state index contributed by atoms with van der Waals surface area (Å²) in [6.07, 6.45) is 4.81. The Kier molecular flexibility index (Phi) is 7.20. The standard InChI is InChI=1S/C17H30O4/c1-6-13-9-7-8-10-14(13)15(16(18)20-11(2)3)17(19)21-12(4)5/h11-15H,6-10H2,1-5H3. The molecular formula is C17H30O4. The van der Waals surface area contributed by atoms with Crippen LogP contribution in [0.15, 0.2) is 0 Å². The molecule has 1 rings (SSSR count). The van der Waals surface area contributed by atoms with Gasteiger partial charge in [-0.15, -0.1) is 0 Å². The van der Waals surface area contributed by atoms with Gasteiger partial charge in [0.1, 0.15) is 0 Å². The van der Waals surface area contributed by atoms with Crippen LogP contribution in [0.2, 0.25) is 0 Å². The molecule has 0 heterocycles. The first kappa shape index (κ1) is 18.0. The van der Waals surface area contributed by atoms with Crippen LogP contribution in [0.1, 0.15) is 66.7 Å². The number of carbonyl (C=O) groups excluding carboxylic acids is 2. The van der Waals surface area contributed by atoms with Crippen LogP contribution >= 0.6 is 0 Å². The lowest BCUT2D eigenvalue weighted by Crippen LogP contribution is -2.40. The predicted octanol–water partition coefficient (Wildman–Crippen LogP) is 3.72.